The average Bonchev–Trinajstić information content (AvgIpc) is 2.49. The van der Waals surface area contributed by atoms with Gasteiger partial charge in [-0.1, -0.05) is 40.0 Å². The van der Waals surface area contributed by atoms with Crippen molar-refractivity contribution < 1.29 is 4.79 Å². The molecule has 0 aromatic heterocycles. The lowest BCUT2D eigenvalue weighted by Crippen LogP contribution is -2.51. The van der Waals surface area contributed by atoms with Crippen molar-refractivity contribution >= 4 is 5.91 Å². The molecule has 1 heterocycles. The molecule has 3 unspecified atom stereocenters. The third-order valence-electron chi connectivity index (χ3n) is 6.25. The summed E-state index contributed by atoms with van der Waals surface area (Å²) in [6, 6.07) is 0.0697. The molecule has 3 nitrogen and oxygen atoms in total. The van der Waals surface area contributed by atoms with E-state index in [0.29, 0.717) is 17.2 Å². The molecule has 20 heavy (non-hydrogen) atoms. The molecule has 1 aliphatic heterocycles. The summed E-state index contributed by atoms with van der Waals surface area (Å²) in [5.41, 5.74) is 6.77. The number of rotatable bonds is 3. The van der Waals surface area contributed by atoms with Gasteiger partial charge in [-0.2, -0.15) is 0 Å². The van der Waals surface area contributed by atoms with Crippen molar-refractivity contribution in [2.45, 2.75) is 71.8 Å². The van der Waals surface area contributed by atoms with E-state index in [-0.39, 0.29) is 12.0 Å². The molecule has 0 aromatic rings. The van der Waals surface area contributed by atoms with Crippen LogP contribution in [0.1, 0.15) is 65.7 Å². The van der Waals surface area contributed by atoms with Crippen molar-refractivity contribution in [2.24, 2.45) is 23.0 Å². The summed E-state index contributed by atoms with van der Waals surface area (Å²) in [5.74, 6) is 0.909. The van der Waals surface area contributed by atoms with Crippen LogP contribution in [-0.4, -0.2) is 29.9 Å². The molecule has 1 aliphatic carbocycles. The van der Waals surface area contributed by atoms with Crippen molar-refractivity contribution in [2.75, 3.05) is 13.1 Å². The zero-order valence-corrected chi connectivity index (χ0v) is 13.5. The summed E-state index contributed by atoms with van der Waals surface area (Å²) in [7, 11) is 0. The summed E-state index contributed by atoms with van der Waals surface area (Å²) in [6.45, 7) is 8.66. The standard InChI is InChI=1S/C17H32N2O/c1-4-17(5-2)9-11-19(12-10-17)16(20)14-8-6-7-13(3)15(14)18/h13-15H,4-12,18H2,1-3H3. The van der Waals surface area contributed by atoms with Crippen molar-refractivity contribution in [3.8, 4) is 0 Å². The fourth-order valence-electron chi connectivity index (χ4n) is 4.12. The maximum absolute atomic E-state index is 12.7. The van der Waals surface area contributed by atoms with Crippen LogP contribution < -0.4 is 5.73 Å². The number of hydrogen-bond donors (Lipinski definition) is 1. The minimum atomic E-state index is 0.0697. The molecule has 0 bridgehead atoms. The highest BCUT2D eigenvalue weighted by Gasteiger charge is 2.38. The Morgan fingerprint density at radius 2 is 1.80 bits per heavy atom. The van der Waals surface area contributed by atoms with Crippen LogP contribution in [0.15, 0.2) is 0 Å². The van der Waals surface area contributed by atoms with Crippen LogP contribution in [0, 0.1) is 17.3 Å². The largest absolute Gasteiger partial charge is 0.342 e. The van der Waals surface area contributed by atoms with E-state index in [1.807, 2.05) is 0 Å². The smallest absolute Gasteiger partial charge is 0.227 e. The number of likely N-dealkylation sites (tertiary alicyclic amines) is 1. The van der Waals surface area contributed by atoms with Gasteiger partial charge >= 0.3 is 0 Å². The second kappa shape index (κ2) is 6.46. The fraction of sp³-hybridized carbons (Fsp3) is 0.941. The molecule has 1 amide bonds. The van der Waals surface area contributed by atoms with Crippen LogP contribution in [0.25, 0.3) is 0 Å². The van der Waals surface area contributed by atoms with Crippen LogP contribution in [0.5, 0.6) is 0 Å². The number of nitrogens with two attached hydrogens (primary N) is 1. The fourth-order valence-corrected chi connectivity index (χ4v) is 4.12. The van der Waals surface area contributed by atoms with Crippen molar-refractivity contribution in [1.82, 2.24) is 4.90 Å². The zero-order valence-electron chi connectivity index (χ0n) is 13.5. The van der Waals surface area contributed by atoms with Crippen LogP contribution >= 0.6 is 0 Å². The van der Waals surface area contributed by atoms with E-state index in [2.05, 4.69) is 25.7 Å². The van der Waals surface area contributed by atoms with Gasteiger partial charge in [-0.3, -0.25) is 4.79 Å². The lowest BCUT2D eigenvalue weighted by molar-refractivity contribution is -0.140. The second-order valence-electron chi connectivity index (χ2n) is 7.12. The summed E-state index contributed by atoms with van der Waals surface area (Å²) >= 11 is 0. The number of nitrogens with zero attached hydrogens (tertiary/aromatic N) is 1. The maximum Gasteiger partial charge on any atom is 0.227 e. The van der Waals surface area contributed by atoms with Gasteiger partial charge in [0.05, 0.1) is 5.92 Å². The Bertz CT molecular complexity index is 328. The first-order valence-electron chi connectivity index (χ1n) is 8.57. The third kappa shape index (κ3) is 3.03. The van der Waals surface area contributed by atoms with Gasteiger partial charge < -0.3 is 10.6 Å². The Morgan fingerprint density at radius 1 is 1.20 bits per heavy atom. The summed E-state index contributed by atoms with van der Waals surface area (Å²) in [4.78, 5) is 14.8. The SMILES string of the molecule is CCC1(CC)CCN(C(=O)C2CCCC(C)C2N)CC1. The highest BCUT2D eigenvalue weighted by atomic mass is 16.2. The Morgan fingerprint density at radius 3 is 2.35 bits per heavy atom. The molecule has 1 saturated carbocycles. The molecule has 0 spiro atoms. The minimum absolute atomic E-state index is 0.0697. The predicted octanol–water partition coefficient (Wildman–Crippen LogP) is 3.18. The summed E-state index contributed by atoms with van der Waals surface area (Å²) < 4.78 is 0. The number of hydrogen-bond acceptors (Lipinski definition) is 2. The zero-order chi connectivity index (χ0) is 14.8. The van der Waals surface area contributed by atoms with E-state index in [9.17, 15) is 4.79 Å². The van der Waals surface area contributed by atoms with Crippen molar-refractivity contribution in [1.29, 1.82) is 0 Å². The molecule has 0 aromatic carbocycles. The van der Waals surface area contributed by atoms with Gasteiger partial charge in [-0.05, 0) is 37.0 Å². The molecule has 0 radical (unpaired) electrons. The highest BCUT2D eigenvalue weighted by Crippen LogP contribution is 2.39. The van der Waals surface area contributed by atoms with Crippen molar-refractivity contribution in [3.63, 3.8) is 0 Å². The number of amides is 1. The van der Waals surface area contributed by atoms with Gasteiger partial charge in [0.25, 0.3) is 0 Å². The normalized spacial score (nSPS) is 34.0. The minimum Gasteiger partial charge on any atom is -0.342 e. The van der Waals surface area contributed by atoms with E-state index in [0.717, 1.165) is 25.9 Å². The lowest BCUT2D eigenvalue weighted by atomic mass is 9.73. The van der Waals surface area contributed by atoms with E-state index < -0.39 is 0 Å². The lowest BCUT2D eigenvalue weighted by Gasteiger charge is -2.43. The first-order valence-corrected chi connectivity index (χ1v) is 8.57. The molecule has 116 valence electrons. The van der Waals surface area contributed by atoms with Gasteiger partial charge in [0, 0.05) is 19.1 Å². The van der Waals surface area contributed by atoms with Gasteiger partial charge in [-0.15, -0.1) is 0 Å². The number of carbonyl (C=O) groups is 1. The maximum atomic E-state index is 12.7. The highest BCUT2D eigenvalue weighted by molar-refractivity contribution is 5.79. The molecule has 3 atom stereocenters. The van der Waals surface area contributed by atoms with Crippen LogP contribution in [0.3, 0.4) is 0 Å². The van der Waals surface area contributed by atoms with E-state index in [4.69, 9.17) is 5.73 Å². The van der Waals surface area contributed by atoms with E-state index in [1.165, 1.54) is 32.1 Å². The monoisotopic (exact) mass is 280 g/mol. The summed E-state index contributed by atoms with van der Waals surface area (Å²) in [6.07, 6.45) is 8.16. The van der Waals surface area contributed by atoms with E-state index in [1.54, 1.807) is 0 Å². The van der Waals surface area contributed by atoms with E-state index >= 15 is 0 Å². The van der Waals surface area contributed by atoms with Gasteiger partial charge in [0.2, 0.25) is 5.91 Å². The Kier molecular flexibility index (Phi) is 5.11. The second-order valence-corrected chi connectivity index (χ2v) is 7.12. The first-order chi connectivity index (χ1) is 9.53. The summed E-state index contributed by atoms with van der Waals surface area (Å²) in [5, 5.41) is 0. The molecule has 2 fully saturated rings. The Hall–Kier alpha value is -0.570. The van der Waals surface area contributed by atoms with Crippen molar-refractivity contribution in [3.05, 3.63) is 0 Å². The molecular formula is C17H32N2O. The first kappa shape index (κ1) is 15.8. The Balaban J connectivity index is 1.94. The third-order valence-corrected chi connectivity index (χ3v) is 6.25. The number of piperidine rings is 1. The van der Waals surface area contributed by atoms with Crippen LogP contribution in [0.2, 0.25) is 0 Å². The van der Waals surface area contributed by atoms with Crippen LogP contribution in [0.4, 0.5) is 0 Å². The quantitative estimate of drug-likeness (QED) is 0.863. The van der Waals surface area contributed by atoms with Gasteiger partial charge in [0.1, 0.15) is 0 Å². The number of carbonyl (C=O) groups excluding carboxylic acids is 1. The Labute approximate surface area is 124 Å². The topological polar surface area (TPSA) is 46.3 Å². The van der Waals surface area contributed by atoms with Gasteiger partial charge in [-0.25, -0.2) is 0 Å². The molecular weight excluding hydrogens is 248 g/mol. The average molecular weight is 280 g/mol. The molecule has 3 heteroatoms. The molecule has 2 N–H and O–H groups in total. The van der Waals surface area contributed by atoms with Crippen LogP contribution in [-0.2, 0) is 4.79 Å². The molecule has 1 saturated heterocycles. The predicted molar refractivity (Wildman–Crippen MR) is 83.3 cm³/mol. The molecule has 2 rings (SSSR count). The van der Waals surface area contributed by atoms with Gasteiger partial charge in [0.15, 0.2) is 0 Å². The molecule has 2 aliphatic rings.